The molecule has 2 aromatic heterocycles. The smallest absolute Gasteiger partial charge is 0.224 e. The number of imidazole rings is 1. The minimum atomic E-state index is -0.669. The Morgan fingerprint density at radius 2 is 2.30 bits per heavy atom. The lowest BCUT2D eigenvalue weighted by molar-refractivity contribution is -0.125. The normalized spacial score (nSPS) is 29.6. The Labute approximate surface area is 134 Å². The number of piperidine rings is 1. The SMILES string of the molecule is CC(C)(NC(=O)C1C2CNCC21C)c1ncc2ccc(F)cn12. The van der Waals surface area contributed by atoms with E-state index in [0.29, 0.717) is 11.7 Å². The molecule has 23 heavy (non-hydrogen) atoms. The number of amides is 1. The van der Waals surface area contributed by atoms with E-state index in [1.54, 1.807) is 16.7 Å². The molecule has 1 aliphatic carbocycles. The average molecular weight is 316 g/mol. The summed E-state index contributed by atoms with van der Waals surface area (Å²) in [5, 5.41) is 6.44. The molecule has 3 unspecified atom stereocenters. The van der Waals surface area contributed by atoms with Crippen molar-refractivity contribution in [3.8, 4) is 0 Å². The second-order valence-corrected chi connectivity index (χ2v) is 7.56. The molecule has 1 aliphatic heterocycles. The summed E-state index contributed by atoms with van der Waals surface area (Å²) in [5.41, 5.74) is 0.224. The van der Waals surface area contributed by atoms with Gasteiger partial charge in [-0.2, -0.15) is 0 Å². The Kier molecular flexibility index (Phi) is 2.89. The van der Waals surface area contributed by atoms with Gasteiger partial charge in [0.1, 0.15) is 11.6 Å². The Morgan fingerprint density at radius 3 is 3.00 bits per heavy atom. The monoisotopic (exact) mass is 316 g/mol. The molecular formula is C17H21FN4O. The first-order valence-electron chi connectivity index (χ1n) is 7.99. The highest BCUT2D eigenvalue weighted by Crippen LogP contribution is 2.60. The molecule has 1 saturated heterocycles. The predicted octanol–water partition coefficient (Wildman–Crippen LogP) is 1.68. The van der Waals surface area contributed by atoms with Crippen molar-refractivity contribution in [2.24, 2.45) is 17.3 Å². The molecule has 2 N–H and O–H groups in total. The molecule has 1 saturated carbocycles. The van der Waals surface area contributed by atoms with Crippen LogP contribution in [0.4, 0.5) is 4.39 Å². The minimum Gasteiger partial charge on any atom is -0.344 e. The number of aromatic nitrogens is 2. The topological polar surface area (TPSA) is 58.4 Å². The van der Waals surface area contributed by atoms with Crippen molar-refractivity contribution in [2.45, 2.75) is 26.3 Å². The Morgan fingerprint density at radius 1 is 1.52 bits per heavy atom. The number of nitrogens with zero attached hydrogens (tertiary/aromatic N) is 2. The van der Waals surface area contributed by atoms with Gasteiger partial charge in [0.25, 0.3) is 0 Å². The molecule has 6 heteroatoms. The summed E-state index contributed by atoms with van der Waals surface area (Å²) in [6.07, 6.45) is 3.10. The summed E-state index contributed by atoms with van der Waals surface area (Å²) in [6.45, 7) is 7.78. The zero-order chi connectivity index (χ0) is 16.4. The molecule has 4 rings (SSSR count). The predicted molar refractivity (Wildman–Crippen MR) is 84.3 cm³/mol. The highest BCUT2D eigenvalue weighted by Gasteiger charge is 2.67. The number of pyridine rings is 1. The highest BCUT2D eigenvalue weighted by molar-refractivity contribution is 5.84. The summed E-state index contributed by atoms with van der Waals surface area (Å²) < 4.78 is 15.2. The van der Waals surface area contributed by atoms with Gasteiger partial charge in [-0.05, 0) is 43.9 Å². The van der Waals surface area contributed by atoms with E-state index < -0.39 is 5.54 Å². The van der Waals surface area contributed by atoms with Crippen molar-refractivity contribution in [1.82, 2.24) is 20.0 Å². The lowest BCUT2D eigenvalue weighted by atomic mass is 10.0. The van der Waals surface area contributed by atoms with E-state index in [9.17, 15) is 9.18 Å². The molecule has 5 nitrogen and oxygen atoms in total. The third-order valence-corrected chi connectivity index (χ3v) is 5.49. The Bertz CT molecular complexity index is 799. The molecule has 122 valence electrons. The molecule has 1 amide bonds. The molecule has 0 radical (unpaired) electrons. The summed E-state index contributed by atoms with van der Waals surface area (Å²) in [6, 6.07) is 3.09. The number of carbonyl (C=O) groups excluding carboxylic acids is 1. The lowest BCUT2D eigenvalue weighted by Gasteiger charge is -2.26. The summed E-state index contributed by atoms with van der Waals surface area (Å²) in [7, 11) is 0. The number of nitrogens with one attached hydrogen (secondary N) is 2. The molecule has 2 aromatic rings. The van der Waals surface area contributed by atoms with Crippen LogP contribution in [0.3, 0.4) is 0 Å². The van der Waals surface area contributed by atoms with Crippen molar-refractivity contribution in [2.75, 3.05) is 13.1 Å². The second kappa shape index (κ2) is 4.54. The number of fused-ring (bicyclic) bond motifs is 2. The maximum Gasteiger partial charge on any atom is 0.224 e. The standard InChI is InChI=1S/C17H21FN4O/c1-16(2,15-20-6-11-5-4-10(18)8-22(11)15)21-14(23)13-12-7-19-9-17(12,13)3/h4-6,8,12-13,19H,7,9H2,1-3H3,(H,21,23). The van der Waals surface area contributed by atoms with E-state index in [1.165, 1.54) is 12.3 Å². The highest BCUT2D eigenvalue weighted by atomic mass is 19.1. The van der Waals surface area contributed by atoms with E-state index in [1.807, 2.05) is 13.8 Å². The fraction of sp³-hybridized carbons (Fsp3) is 0.529. The molecule has 3 atom stereocenters. The molecule has 0 spiro atoms. The molecular weight excluding hydrogens is 295 g/mol. The summed E-state index contributed by atoms with van der Waals surface area (Å²) >= 11 is 0. The van der Waals surface area contributed by atoms with Gasteiger partial charge in [-0.25, -0.2) is 9.37 Å². The van der Waals surface area contributed by atoms with Crippen LogP contribution in [0, 0.1) is 23.1 Å². The van der Waals surface area contributed by atoms with Crippen molar-refractivity contribution in [1.29, 1.82) is 0 Å². The van der Waals surface area contributed by atoms with Crippen LogP contribution in [-0.2, 0) is 10.3 Å². The minimum absolute atomic E-state index is 0.0611. The number of hydrogen-bond donors (Lipinski definition) is 2. The van der Waals surface area contributed by atoms with E-state index in [0.717, 1.165) is 18.6 Å². The van der Waals surface area contributed by atoms with Crippen molar-refractivity contribution >= 4 is 11.4 Å². The lowest BCUT2D eigenvalue weighted by Crippen LogP contribution is -2.44. The molecule has 0 aromatic carbocycles. The Hall–Kier alpha value is -1.95. The molecule has 2 aliphatic rings. The fourth-order valence-corrected chi connectivity index (χ4v) is 4.10. The van der Waals surface area contributed by atoms with Crippen LogP contribution in [0.5, 0.6) is 0 Å². The van der Waals surface area contributed by atoms with Gasteiger partial charge >= 0.3 is 0 Å². The van der Waals surface area contributed by atoms with Gasteiger partial charge in [0, 0.05) is 18.7 Å². The maximum atomic E-state index is 13.5. The van der Waals surface area contributed by atoms with E-state index in [-0.39, 0.29) is 23.1 Å². The van der Waals surface area contributed by atoms with Gasteiger partial charge in [0.2, 0.25) is 5.91 Å². The fourth-order valence-electron chi connectivity index (χ4n) is 4.10. The third kappa shape index (κ3) is 2.08. The van der Waals surface area contributed by atoms with Crippen LogP contribution in [0.25, 0.3) is 5.52 Å². The first-order valence-corrected chi connectivity index (χ1v) is 7.99. The van der Waals surface area contributed by atoms with E-state index in [4.69, 9.17) is 0 Å². The second-order valence-electron chi connectivity index (χ2n) is 7.56. The number of hydrogen-bond acceptors (Lipinski definition) is 3. The van der Waals surface area contributed by atoms with Crippen LogP contribution in [-0.4, -0.2) is 28.4 Å². The zero-order valence-corrected chi connectivity index (χ0v) is 13.6. The summed E-state index contributed by atoms with van der Waals surface area (Å²) in [4.78, 5) is 17.1. The largest absolute Gasteiger partial charge is 0.344 e. The molecule has 0 bridgehead atoms. The maximum absolute atomic E-state index is 13.5. The van der Waals surface area contributed by atoms with Gasteiger partial charge in [0.15, 0.2) is 0 Å². The number of halogens is 1. The van der Waals surface area contributed by atoms with Crippen LogP contribution < -0.4 is 10.6 Å². The zero-order valence-electron chi connectivity index (χ0n) is 13.6. The van der Waals surface area contributed by atoms with Crippen LogP contribution in [0.1, 0.15) is 26.6 Å². The van der Waals surface area contributed by atoms with Gasteiger partial charge in [0.05, 0.1) is 17.3 Å². The first-order chi connectivity index (χ1) is 10.8. The van der Waals surface area contributed by atoms with E-state index >= 15 is 0 Å². The van der Waals surface area contributed by atoms with Gasteiger partial charge < -0.3 is 10.6 Å². The van der Waals surface area contributed by atoms with Crippen molar-refractivity contribution in [3.05, 3.63) is 36.2 Å². The van der Waals surface area contributed by atoms with Crippen molar-refractivity contribution < 1.29 is 9.18 Å². The molecule has 2 fully saturated rings. The average Bonchev–Trinajstić information content (AvgIpc) is 2.80. The third-order valence-electron chi connectivity index (χ3n) is 5.49. The van der Waals surface area contributed by atoms with Gasteiger partial charge in [-0.1, -0.05) is 6.92 Å². The van der Waals surface area contributed by atoms with Crippen molar-refractivity contribution in [3.63, 3.8) is 0 Å². The van der Waals surface area contributed by atoms with Crippen LogP contribution in [0.15, 0.2) is 24.5 Å². The number of rotatable bonds is 3. The summed E-state index contributed by atoms with van der Waals surface area (Å²) in [5.74, 6) is 0.861. The Balaban J connectivity index is 1.60. The van der Waals surface area contributed by atoms with E-state index in [2.05, 4.69) is 22.5 Å². The van der Waals surface area contributed by atoms with Gasteiger partial charge in [-0.15, -0.1) is 0 Å². The first kappa shape index (κ1) is 14.6. The van der Waals surface area contributed by atoms with Gasteiger partial charge in [-0.3, -0.25) is 9.20 Å². The van der Waals surface area contributed by atoms with Crippen LogP contribution >= 0.6 is 0 Å². The number of carbonyl (C=O) groups is 1. The molecule has 3 heterocycles. The quantitative estimate of drug-likeness (QED) is 0.906. The van der Waals surface area contributed by atoms with Crippen LogP contribution in [0.2, 0.25) is 0 Å².